The molecule has 0 aliphatic rings. The molecule has 0 fully saturated rings. The second kappa shape index (κ2) is 6.41. The Morgan fingerprint density at radius 2 is 1.75 bits per heavy atom. The van der Waals surface area contributed by atoms with Crippen LogP contribution >= 0.6 is 31.9 Å². The summed E-state index contributed by atoms with van der Waals surface area (Å²) in [6.07, 6.45) is 1.70. The molecule has 2 N–H and O–H groups in total. The van der Waals surface area contributed by atoms with Gasteiger partial charge in [0.2, 0.25) is 0 Å². The number of benzene rings is 2. The molecule has 104 valence electrons. The summed E-state index contributed by atoms with van der Waals surface area (Å²) < 4.78 is 1.25. The summed E-state index contributed by atoms with van der Waals surface area (Å²) in [5, 5.41) is 13.9. The Kier molecular flexibility index (Phi) is 4.83. The minimum absolute atomic E-state index is 0.185. The molecule has 0 heterocycles. The lowest BCUT2D eigenvalue weighted by Crippen LogP contribution is -1.93. The smallest absolute Gasteiger partial charge is 0.143 e. The van der Waals surface area contributed by atoms with E-state index < -0.39 is 0 Å². The molecule has 0 saturated heterocycles. The second-order valence-electron chi connectivity index (χ2n) is 4.52. The Balaban J connectivity index is 2.14. The van der Waals surface area contributed by atoms with Crippen molar-refractivity contribution in [3.8, 4) is 5.75 Å². The van der Waals surface area contributed by atoms with Gasteiger partial charge in [-0.2, -0.15) is 5.10 Å². The van der Waals surface area contributed by atoms with Crippen molar-refractivity contribution in [2.24, 2.45) is 5.10 Å². The quantitative estimate of drug-likeness (QED) is 0.566. The van der Waals surface area contributed by atoms with Crippen LogP contribution in [0.5, 0.6) is 5.75 Å². The normalized spacial score (nSPS) is 11.0. The summed E-state index contributed by atoms with van der Waals surface area (Å²) >= 11 is 6.58. The Morgan fingerprint density at radius 3 is 2.35 bits per heavy atom. The molecule has 20 heavy (non-hydrogen) atoms. The zero-order chi connectivity index (χ0) is 14.7. The van der Waals surface area contributed by atoms with Gasteiger partial charge in [0.15, 0.2) is 0 Å². The van der Waals surface area contributed by atoms with Crippen LogP contribution in [0.4, 0.5) is 5.69 Å². The fourth-order valence-corrected chi connectivity index (χ4v) is 3.00. The first kappa shape index (κ1) is 15.1. The van der Waals surface area contributed by atoms with Crippen LogP contribution in [0.15, 0.2) is 44.4 Å². The summed E-state index contributed by atoms with van der Waals surface area (Å²) in [7, 11) is 0. The van der Waals surface area contributed by atoms with Gasteiger partial charge in [-0.25, -0.2) is 0 Å². The van der Waals surface area contributed by atoms with Gasteiger partial charge in [-0.3, -0.25) is 5.43 Å². The molecule has 0 amide bonds. The molecular weight excluding hydrogens is 384 g/mol. The van der Waals surface area contributed by atoms with E-state index in [0.717, 1.165) is 16.8 Å². The average Bonchev–Trinajstić information content (AvgIpc) is 2.38. The third-order valence-electron chi connectivity index (χ3n) is 2.82. The number of phenols is 1. The highest BCUT2D eigenvalue weighted by atomic mass is 79.9. The highest BCUT2D eigenvalue weighted by Gasteiger charge is 2.04. The summed E-state index contributed by atoms with van der Waals surface area (Å²) in [5.41, 5.74) is 7.24. The SMILES string of the molecule is Cc1ccc(N/N=C/c2cc(Br)c(O)c(Br)c2)c(C)c1. The van der Waals surface area contributed by atoms with E-state index >= 15 is 0 Å². The summed E-state index contributed by atoms with van der Waals surface area (Å²) in [4.78, 5) is 0. The van der Waals surface area contributed by atoms with Gasteiger partial charge in [-0.1, -0.05) is 17.7 Å². The maximum atomic E-state index is 9.64. The molecule has 0 aliphatic heterocycles. The molecule has 2 aromatic carbocycles. The first-order chi connectivity index (χ1) is 9.47. The van der Waals surface area contributed by atoms with E-state index in [0.29, 0.717) is 8.95 Å². The van der Waals surface area contributed by atoms with Crippen LogP contribution in [0, 0.1) is 13.8 Å². The molecule has 2 rings (SSSR count). The van der Waals surface area contributed by atoms with E-state index in [9.17, 15) is 5.11 Å². The minimum atomic E-state index is 0.185. The largest absolute Gasteiger partial charge is 0.506 e. The van der Waals surface area contributed by atoms with E-state index in [1.54, 1.807) is 18.3 Å². The van der Waals surface area contributed by atoms with E-state index in [2.05, 4.69) is 55.4 Å². The molecule has 3 nitrogen and oxygen atoms in total. The molecule has 0 atom stereocenters. The summed E-state index contributed by atoms with van der Waals surface area (Å²) in [6.45, 7) is 4.10. The fourth-order valence-electron chi connectivity index (χ4n) is 1.78. The number of rotatable bonds is 3. The molecule has 2 aromatic rings. The number of phenolic OH excluding ortho intramolecular Hbond substituents is 1. The van der Waals surface area contributed by atoms with Gasteiger partial charge in [0.25, 0.3) is 0 Å². The zero-order valence-corrected chi connectivity index (χ0v) is 14.3. The molecule has 0 aliphatic carbocycles. The first-order valence-corrected chi connectivity index (χ1v) is 7.60. The average molecular weight is 398 g/mol. The first-order valence-electron chi connectivity index (χ1n) is 6.01. The van der Waals surface area contributed by atoms with Crippen LogP contribution in [0.2, 0.25) is 0 Å². The summed E-state index contributed by atoms with van der Waals surface area (Å²) in [5.74, 6) is 0.185. The number of aromatic hydroxyl groups is 1. The van der Waals surface area contributed by atoms with Crippen LogP contribution in [-0.4, -0.2) is 11.3 Å². The predicted molar refractivity (Wildman–Crippen MR) is 90.6 cm³/mol. The van der Waals surface area contributed by atoms with E-state index in [1.807, 2.05) is 19.1 Å². The standard InChI is InChI=1S/C15H14Br2N2O/c1-9-3-4-14(10(2)5-9)19-18-8-11-6-12(16)15(20)13(17)7-11/h3-8,19-20H,1-2H3/b18-8+. The molecule has 5 heteroatoms. The van der Waals surface area contributed by atoms with Gasteiger partial charge in [0.1, 0.15) is 5.75 Å². The van der Waals surface area contributed by atoms with Crippen LogP contribution in [0.25, 0.3) is 0 Å². The number of hydrogen-bond acceptors (Lipinski definition) is 3. The van der Waals surface area contributed by atoms with Crippen molar-refractivity contribution in [2.45, 2.75) is 13.8 Å². The highest BCUT2D eigenvalue weighted by Crippen LogP contribution is 2.32. The number of halogens is 2. The molecule has 0 unspecified atom stereocenters. The molecule has 0 saturated carbocycles. The maximum absolute atomic E-state index is 9.64. The van der Waals surface area contributed by atoms with Crippen LogP contribution < -0.4 is 5.43 Å². The molecule has 0 aromatic heterocycles. The molecule has 0 spiro atoms. The monoisotopic (exact) mass is 396 g/mol. The Bertz CT molecular complexity index is 646. The molecular formula is C15H14Br2N2O. The lowest BCUT2D eigenvalue weighted by atomic mass is 10.1. The van der Waals surface area contributed by atoms with Gasteiger partial charge in [0.05, 0.1) is 20.8 Å². The number of nitrogens with zero attached hydrogens (tertiary/aromatic N) is 1. The Labute approximate surface area is 135 Å². The van der Waals surface area contributed by atoms with Crippen molar-refractivity contribution in [3.05, 3.63) is 56.0 Å². The fraction of sp³-hybridized carbons (Fsp3) is 0.133. The van der Waals surface area contributed by atoms with Crippen molar-refractivity contribution < 1.29 is 5.11 Å². The van der Waals surface area contributed by atoms with Gasteiger partial charge in [-0.15, -0.1) is 0 Å². The van der Waals surface area contributed by atoms with Crippen molar-refractivity contribution in [2.75, 3.05) is 5.43 Å². The molecule has 0 radical (unpaired) electrons. The third-order valence-corrected chi connectivity index (χ3v) is 4.03. The van der Waals surface area contributed by atoms with Crippen LogP contribution in [0.1, 0.15) is 16.7 Å². The third kappa shape index (κ3) is 3.61. The lowest BCUT2D eigenvalue weighted by molar-refractivity contribution is 0.468. The van der Waals surface area contributed by atoms with E-state index in [-0.39, 0.29) is 5.75 Å². The van der Waals surface area contributed by atoms with Crippen molar-refractivity contribution in [3.63, 3.8) is 0 Å². The predicted octanol–water partition coefficient (Wildman–Crippen LogP) is 4.98. The van der Waals surface area contributed by atoms with E-state index in [1.165, 1.54) is 5.56 Å². The number of hydrazone groups is 1. The number of anilines is 1. The Morgan fingerprint density at radius 1 is 1.10 bits per heavy atom. The van der Waals surface area contributed by atoms with Gasteiger partial charge < -0.3 is 5.11 Å². The summed E-state index contributed by atoms with van der Waals surface area (Å²) in [6, 6.07) is 9.75. The van der Waals surface area contributed by atoms with Crippen molar-refractivity contribution in [1.82, 2.24) is 0 Å². The number of nitrogens with one attached hydrogen (secondary N) is 1. The Hall–Kier alpha value is -1.33. The number of aryl methyl sites for hydroxylation is 2. The second-order valence-corrected chi connectivity index (χ2v) is 6.23. The molecule has 0 bridgehead atoms. The minimum Gasteiger partial charge on any atom is -0.506 e. The van der Waals surface area contributed by atoms with Crippen molar-refractivity contribution >= 4 is 43.8 Å². The van der Waals surface area contributed by atoms with Crippen LogP contribution in [0.3, 0.4) is 0 Å². The van der Waals surface area contributed by atoms with E-state index in [4.69, 9.17) is 0 Å². The lowest BCUT2D eigenvalue weighted by Gasteiger charge is -2.06. The van der Waals surface area contributed by atoms with Gasteiger partial charge in [0, 0.05) is 0 Å². The number of hydrogen-bond donors (Lipinski definition) is 2. The zero-order valence-electron chi connectivity index (χ0n) is 11.1. The van der Waals surface area contributed by atoms with Crippen molar-refractivity contribution in [1.29, 1.82) is 0 Å². The van der Waals surface area contributed by atoms with Gasteiger partial charge in [-0.05, 0) is 75.0 Å². The topological polar surface area (TPSA) is 44.6 Å². The highest BCUT2D eigenvalue weighted by molar-refractivity contribution is 9.11. The van der Waals surface area contributed by atoms with Crippen LogP contribution in [-0.2, 0) is 0 Å². The maximum Gasteiger partial charge on any atom is 0.143 e. The van der Waals surface area contributed by atoms with Gasteiger partial charge >= 0.3 is 0 Å².